The van der Waals surface area contributed by atoms with Crippen LogP contribution in [0.3, 0.4) is 0 Å². The fraction of sp³-hybridized carbons (Fsp3) is 0.400. The number of anilines is 2. The largest absolute Gasteiger partial charge is 0.337 e. The quantitative estimate of drug-likeness (QED) is 0.751. The first-order valence-electron chi connectivity index (χ1n) is 9.39. The van der Waals surface area contributed by atoms with E-state index in [1.165, 1.54) is 0 Å². The van der Waals surface area contributed by atoms with Gasteiger partial charge < -0.3 is 9.88 Å². The van der Waals surface area contributed by atoms with E-state index in [-0.39, 0.29) is 0 Å². The molecule has 1 fully saturated rings. The average Bonchev–Trinajstić information content (AvgIpc) is 3.09. The van der Waals surface area contributed by atoms with Gasteiger partial charge in [-0.15, -0.1) is 0 Å². The van der Waals surface area contributed by atoms with Crippen molar-refractivity contribution in [1.82, 2.24) is 29.4 Å². The van der Waals surface area contributed by atoms with Gasteiger partial charge >= 0.3 is 0 Å². The summed E-state index contributed by atoms with van der Waals surface area (Å²) in [5, 5.41) is 3.39. The van der Waals surface area contributed by atoms with Gasteiger partial charge in [0.25, 0.3) is 0 Å². The summed E-state index contributed by atoms with van der Waals surface area (Å²) < 4.78 is 2.09. The van der Waals surface area contributed by atoms with E-state index in [4.69, 9.17) is 0 Å². The SMILES string of the molecule is Cc1cccnc1Nc1nccnc1[C@H]1CCCN(Cc2nccn2C)C1. The molecular weight excluding hydrogens is 338 g/mol. The Morgan fingerprint density at radius 2 is 1.93 bits per heavy atom. The van der Waals surface area contributed by atoms with E-state index < -0.39 is 0 Å². The molecular formula is C20H25N7. The highest BCUT2D eigenvalue weighted by Gasteiger charge is 2.26. The second-order valence-corrected chi connectivity index (χ2v) is 7.11. The van der Waals surface area contributed by atoms with Gasteiger partial charge in [0.1, 0.15) is 11.6 Å². The van der Waals surface area contributed by atoms with Crippen molar-refractivity contribution < 1.29 is 0 Å². The second kappa shape index (κ2) is 7.84. The summed E-state index contributed by atoms with van der Waals surface area (Å²) in [6.07, 6.45) is 11.4. The van der Waals surface area contributed by atoms with Crippen molar-refractivity contribution in [3.8, 4) is 0 Å². The molecule has 0 aromatic carbocycles. The van der Waals surface area contributed by atoms with Gasteiger partial charge in [-0.05, 0) is 37.9 Å². The molecule has 1 aliphatic rings. The number of hydrogen-bond acceptors (Lipinski definition) is 6. The fourth-order valence-electron chi connectivity index (χ4n) is 3.64. The van der Waals surface area contributed by atoms with E-state index in [0.717, 1.165) is 61.2 Å². The monoisotopic (exact) mass is 363 g/mol. The molecule has 4 rings (SSSR count). The topological polar surface area (TPSA) is 71.8 Å². The molecule has 0 unspecified atom stereocenters. The molecule has 3 aromatic rings. The molecule has 27 heavy (non-hydrogen) atoms. The summed E-state index contributed by atoms with van der Waals surface area (Å²) in [5.41, 5.74) is 2.11. The van der Waals surface area contributed by atoms with Crippen LogP contribution in [0.1, 0.15) is 35.8 Å². The molecule has 1 N–H and O–H groups in total. The third kappa shape index (κ3) is 3.98. The van der Waals surface area contributed by atoms with Gasteiger partial charge in [0.15, 0.2) is 5.82 Å². The Morgan fingerprint density at radius 1 is 1.07 bits per heavy atom. The lowest BCUT2D eigenvalue weighted by Crippen LogP contribution is -2.35. The van der Waals surface area contributed by atoms with Crippen molar-refractivity contribution in [2.45, 2.75) is 32.2 Å². The molecule has 1 saturated heterocycles. The van der Waals surface area contributed by atoms with E-state index in [0.29, 0.717) is 5.92 Å². The molecule has 7 nitrogen and oxygen atoms in total. The van der Waals surface area contributed by atoms with Crippen LogP contribution in [0.4, 0.5) is 11.6 Å². The maximum absolute atomic E-state index is 4.68. The molecule has 0 radical (unpaired) electrons. The first-order valence-corrected chi connectivity index (χ1v) is 9.39. The molecule has 1 aliphatic heterocycles. The molecule has 7 heteroatoms. The Morgan fingerprint density at radius 3 is 2.74 bits per heavy atom. The maximum atomic E-state index is 4.68. The van der Waals surface area contributed by atoms with Crippen molar-refractivity contribution in [1.29, 1.82) is 0 Å². The standard InChI is InChI=1S/C20H25N7/c1-15-5-3-7-23-19(15)25-20-18(22-8-9-24-20)16-6-4-11-27(13-16)14-17-21-10-12-26(17)2/h3,5,7-10,12,16H,4,6,11,13-14H2,1-2H3,(H,23,24,25)/t16-/m0/s1. The Kier molecular flexibility index (Phi) is 5.11. The first kappa shape index (κ1) is 17.6. The molecule has 0 spiro atoms. The fourth-order valence-corrected chi connectivity index (χ4v) is 3.64. The second-order valence-electron chi connectivity index (χ2n) is 7.11. The molecule has 1 atom stereocenters. The normalized spacial score (nSPS) is 17.8. The third-order valence-electron chi connectivity index (χ3n) is 5.15. The summed E-state index contributed by atoms with van der Waals surface area (Å²) in [6, 6.07) is 3.98. The molecule has 4 heterocycles. The Balaban J connectivity index is 1.52. The number of likely N-dealkylation sites (tertiary alicyclic amines) is 1. The number of rotatable bonds is 5. The highest BCUT2D eigenvalue weighted by molar-refractivity contribution is 5.57. The van der Waals surface area contributed by atoms with Gasteiger partial charge in [-0.3, -0.25) is 9.88 Å². The first-order chi connectivity index (χ1) is 13.2. The van der Waals surface area contributed by atoms with Crippen LogP contribution in [0.15, 0.2) is 43.1 Å². The van der Waals surface area contributed by atoms with Crippen LogP contribution in [0.25, 0.3) is 0 Å². The van der Waals surface area contributed by atoms with Gasteiger partial charge in [0, 0.05) is 50.5 Å². The number of nitrogens with one attached hydrogen (secondary N) is 1. The van der Waals surface area contributed by atoms with Crippen LogP contribution in [0, 0.1) is 6.92 Å². The summed E-state index contributed by atoms with van der Waals surface area (Å²) in [6.45, 7) is 4.95. The molecule has 0 amide bonds. The number of nitrogens with zero attached hydrogens (tertiary/aromatic N) is 6. The molecule has 140 valence electrons. The highest BCUT2D eigenvalue weighted by Crippen LogP contribution is 2.31. The minimum absolute atomic E-state index is 0.347. The number of piperidine rings is 1. The predicted octanol–water partition coefficient (Wildman–Crippen LogP) is 3.04. The highest BCUT2D eigenvalue weighted by atomic mass is 15.2. The van der Waals surface area contributed by atoms with Crippen LogP contribution in [-0.2, 0) is 13.6 Å². The Bertz CT molecular complexity index is 905. The zero-order valence-electron chi connectivity index (χ0n) is 15.8. The number of aromatic nitrogens is 5. The minimum Gasteiger partial charge on any atom is -0.337 e. The summed E-state index contributed by atoms with van der Waals surface area (Å²) in [4.78, 5) is 20.6. The van der Waals surface area contributed by atoms with Crippen LogP contribution < -0.4 is 5.32 Å². The van der Waals surface area contributed by atoms with Crippen molar-refractivity contribution in [2.24, 2.45) is 7.05 Å². The van der Waals surface area contributed by atoms with Crippen LogP contribution in [0.2, 0.25) is 0 Å². The van der Waals surface area contributed by atoms with Crippen LogP contribution >= 0.6 is 0 Å². The Labute approximate surface area is 159 Å². The zero-order valence-corrected chi connectivity index (χ0v) is 15.8. The smallest absolute Gasteiger partial charge is 0.153 e. The average molecular weight is 363 g/mol. The van der Waals surface area contributed by atoms with Crippen LogP contribution in [-0.4, -0.2) is 42.5 Å². The van der Waals surface area contributed by atoms with Gasteiger partial charge in [-0.25, -0.2) is 15.0 Å². The predicted molar refractivity (Wildman–Crippen MR) is 105 cm³/mol. The molecule has 3 aromatic heterocycles. The molecule has 0 aliphatic carbocycles. The van der Waals surface area contributed by atoms with E-state index >= 15 is 0 Å². The third-order valence-corrected chi connectivity index (χ3v) is 5.15. The summed E-state index contributed by atoms with van der Waals surface area (Å²) >= 11 is 0. The van der Waals surface area contributed by atoms with E-state index in [2.05, 4.69) is 34.7 Å². The lowest BCUT2D eigenvalue weighted by Gasteiger charge is -2.32. The van der Waals surface area contributed by atoms with Gasteiger partial charge in [-0.2, -0.15) is 0 Å². The van der Waals surface area contributed by atoms with Crippen molar-refractivity contribution in [2.75, 3.05) is 18.4 Å². The van der Waals surface area contributed by atoms with E-state index in [1.54, 1.807) is 18.6 Å². The van der Waals surface area contributed by atoms with Crippen molar-refractivity contribution >= 4 is 11.6 Å². The lowest BCUT2D eigenvalue weighted by atomic mass is 9.94. The number of pyridine rings is 1. The van der Waals surface area contributed by atoms with Gasteiger partial charge in [0.05, 0.1) is 12.2 Å². The minimum atomic E-state index is 0.347. The zero-order chi connectivity index (χ0) is 18.6. The van der Waals surface area contributed by atoms with Crippen molar-refractivity contribution in [3.63, 3.8) is 0 Å². The lowest BCUT2D eigenvalue weighted by molar-refractivity contribution is 0.193. The van der Waals surface area contributed by atoms with Crippen molar-refractivity contribution in [3.05, 3.63) is 60.2 Å². The molecule has 0 bridgehead atoms. The van der Waals surface area contributed by atoms with E-state index in [9.17, 15) is 0 Å². The Hall–Kier alpha value is -2.80. The maximum Gasteiger partial charge on any atom is 0.153 e. The number of aryl methyl sites for hydroxylation is 2. The number of hydrogen-bond donors (Lipinski definition) is 1. The molecule has 0 saturated carbocycles. The van der Waals surface area contributed by atoms with Gasteiger partial charge in [-0.1, -0.05) is 6.07 Å². The summed E-state index contributed by atoms with van der Waals surface area (Å²) in [7, 11) is 2.05. The van der Waals surface area contributed by atoms with Gasteiger partial charge in [0.2, 0.25) is 0 Å². The number of imidazole rings is 1. The van der Waals surface area contributed by atoms with E-state index in [1.807, 2.05) is 38.5 Å². The summed E-state index contributed by atoms with van der Waals surface area (Å²) in [5.74, 6) is 3.08. The van der Waals surface area contributed by atoms with Crippen LogP contribution in [0.5, 0.6) is 0 Å².